The van der Waals surface area contributed by atoms with Crippen molar-refractivity contribution < 1.29 is 14.7 Å². The number of carbonyl (C=O) groups excluding carboxylic acids is 1. The van der Waals surface area contributed by atoms with Crippen molar-refractivity contribution >= 4 is 17.8 Å². The van der Waals surface area contributed by atoms with Gasteiger partial charge < -0.3 is 5.11 Å². The van der Waals surface area contributed by atoms with Crippen LogP contribution in [-0.4, -0.2) is 16.9 Å². The molecule has 1 N–H and O–H groups in total. The molecular weight excluding hydrogens is 204 g/mol. The molecule has 0 aromatic heterocycles. The van der Waals surface area contributed by atoms with Crippen molar-refractivity contribution in [1.29, 1.82) is 0 Å². The third kappa shape index (κ3) is 4.55. The van der Waals surface area contributed by atoms with Gasteiger partial charge in [0.1, 0.15) is 0 Å². The number of carboxylic acids is 1. The van der Waals surface area contributed by atoms with Crippen LogP contribution in [0, 0.1) is 0 Å². The van der Waals surface area contributed by atoms with E-state index in [9.17, 15) is 9.59 Å². The molecule has 0 saturated carbocycles. The Morgan fingerprint density at radius 2 is 2.12 bits per heavy atom. The summed E-state index contributed by atoms with van der Waals surface area (Å²) in [6.45, 7) is 1.49. The van der Waals surface area contributed by atoms with Crippen LogP contribution < -0.4 is 0 Å². The number of aliphatic carboxylic acids is 1. The highest BCUT2D eigenvalue weighted by Crippen LogP contribution is 2.09. The molecule has 84 valence electrons. The van der Waals surface area contributed by atoms with Crippen molar-refractivity contribution in [3.05, 3.63) is 41.5 Å². The van der Waals surface area contributed by atoms with Gasteiger partial charge in [0.05, 0.1) is 0 Å². The Kier molecular flexibility index (Phi) is 4.45. The molecule has 0 spiro atoms. The van der Waals surface area contributed by atoms with Crippen LogP contribution >= 0.6 is 0 Å². The fourth-order valence-corrected chi connectivity index (χ4v) is 1.32. The number of hydrogen-bond acceptors (Lipinski definition) is 2. The summed E-state index contributed by atoms with van der Waals surface area (Å²) < 4.78 is 0. The predicted octanol–water partition coefficient (Wildman–Crippen LogP) is 2.31. The molecule has 0 radical (unpaired) electrons. The summed E-state index contributed by atoms with van der Waals surface area (Å²) in [5.41, 5.74) is 1.88. The molecule has 1 aromatic carbocycles. The highest BCUT2D eigenvalue weighted by Gasteiger charge is 1.99. The molecule has 0 amide bonds. The van der Waals surface area contributed by atoms with Crippen molar-refractivity contribution in [3.8, 4) is 0 Å². The topological polar surface area (TPSA) is 54.4 Å². The monoisotopic (exact) mass is 218 g/mol. The van der Waals surface area contributed by atoms with Crippen LogP contribution in [0.15, 0.2) is 30.3 Å². The van der Waals surface area contributed by atoms with Gasteiger partial charge in [-0.05, 0) is 30.5 Å². The van der Waals surface area contributed by atoms with E-state index in [2.05, 4.69) is 0 Å². The molecule has 3 nitrogen and oxygen atoms in total. The molecule has 3 heteroatoms. The van der Waals surface area contributed by atoms with Gasteiger partial charge in [0, 0.05) is 6.42 Å². The lowest BCUT2D eigenvalue weighted by Crippen LogP contribution is -1.97. The zero-order valence-electron chi connectivity index (χ0n) is 9.14. The number of carboxylic acid groups (broad SMARTS) is 1. The molecule has 0 bridgehead atoms. The first kappa shape index (κ1) is 12.2. The van der Waals surface area contributed by atoms with Crippen molar-refractivity contribution in [2.24, 2.45) is 0 Å². The van der Waals surface area contributed by atoms with Crippen molar-refractivity contribution in [2.75, 3.05) is 0 Å². The Morgan fingerprint density at radius 3 is 2.75 bits per heavy atom. The summed E-state index contributed by atoms with van der Waals surface area (Å²) in [7, 11) is 0. The van der Waals surface area contributed by atoms with E-state index in [-0.39, 0.29) is 12.2 Å². The fourth-order valence-electron chi connectivity index (χ4n) is 1.32. The Hall–Kier alpha value is -1.90. The molecule has 0 aliphatic heterocycles. The second-order valence-electron chi connectivity index (χ2n) is 3.58. The molecule has 1 rings (SSSR count). The second-order valence-corrected chi connectivity index (χ2v) is 3.58. The molecule has 0 aliphatic rings. The smallest absolute Gasteiger partial charge is 0.303 e. The first-order chi connectivity index (χ1) is 7.58. The number of allylic oxidation sites excluding steroid dienone is 1. The summed E-state index contributed by atoms with van der Waals surface area (Å²) in [5, 5.41) is 8.56. The SMILES string of the molecule is CC(=O)/C=C/c1cccc(CCC(=O)O)c1. The molecule has 0 heterocycles. The van der Waals surface area contributed by atoms with Crippen molar-refractivity contribution in [3.63, 3.8) is 0 Å². The van der Waals surface area contributed by atoms with E-state index < -0.39 is 5.97 Å². The number of carbonyl (C=O) groups is 2. The lowest BCUT2D eigenvalue weighted by molar-refractivity contribution is -0.137. The zero-order valence-corrected chi connectivity index (χ0v) is 9.14. The quantitative estimate of drug-likeness (QED) is 0.771. The summed E-state index contributed by atoms with van der Waals surface area (Å²) in [6, 6.07) is 7.51. The Bertz CT molecular complexity index is 419. The van der Waals surface area contributed by atoms with E-state index in [0.29, 0.717) is 6.42 Å². The van der Waals surface area contributed by atoms with Crippen LogP contribution in [0.1, 0.15) is 24.5 Å². The van der Waals surface area contributed by atoms with Gasteiger partial charge in [0.2, 0.25) is 0 Å². The van der Waals surface area contributed by atoms with Crippen LogP contribution in [0.3, 0.4) is 0 Å². The van der Waals surface area contributed by atoms with E-state index in [1.54, 1.807) is 6.08 Å². The molecule has 16 heavy (non-hydrogen) atoms. The zero-order chi connectivity index (χ0) is 12.0. The minimum Gasteiger partial charge on any atom is -0.481 e. The average molecular weight is 218 g/mol. The van der Waals surface area contributed by atoms with Gasteiger partial charge in [-0.1, -0.05) is 30.3 Å². The minimum atomic E-state index is -0.801. The number of benzene rings is 1. The van der Waals surface area contributed by atoms with Crippen LogP contribution in [0.2, 0.25) is 0 Å². The molecule has 0 saturated heterocycles. The number of aryl methyl sites for hydroxylation is 1. The van der Waals surface area contributed by atoms with Crippen LogP contribution in [0.4, 0.5) is 0 Å². The highest BCUT2D eigenvalue weighted by molar-refractivity contribution is 5.91. The molecule has 0 fully saturated rings. The normalized spacial score (nSPS) is 10.6. The third-order valence-corrected chi connectivity index (χ3v) is 2.09. The van der Waals surface area contributed by atoms with Gasteiger partial charge in [0.15, 0.2) is 5.78 Å². The van der Waals surface area contributed by atoms with Crippen molar-refractivity contribution in [1.82, 2.24) is 0 Å². The van der Waals surface area contributed by atoms with E-state index in [1.807, 2.05) is 24.3 Å². The second kappa shape index (κ2) is 5.85. The maximum Gasteiger partial charge on any atom is 0.303 e. The largest absolute Gasteiger partial charge is 0.481 e. The van der Waals surface area contributed by atoms with Crippen LogP contribution in [-0.2, 0) is 16.0 Å². The maximum atomic E-state index is 10.8. The molecular formula is C13H14O3. The highest BCUT2D eigenvalue weighted by atomic mass is 16.4. The van der Waals surface area contributed by atoms with Gasteiger partial charge in [-0.2, -0.15) is 0 Å². The first-order valence-electron chi connectivity index (χ1n) is 5.07. The first-order valence-corrected chi connectivity index (χ1v) is 5.07. The molecule has 1 aromatic rings. The van der Waals surface area contributed by atoms with E-state index in [4.69, 9.17) is 5.11 Å². The Labute approximate surface area is 94.4 Å². The van der Waals surface area contributed by atoms with E-state index >= 15 is 0 Å². The third-order valence-electron chi connectivity index (χ3n) is 2.09. The average Bonchev–Trinajstić information content (AvgIpc) is 2.24. The number of hydrogen-bond donors (Lipinski definition) is 1. The van der Waals surface area contributed by atoms with Gasteiger partial charge >= 0.3 is 5.97 Å². The lowest BCUT2D eigenvalue weighted by atomic mass is 10.1. The van der Waals surface area contributed by atoms with Gasteiger partial charge in [-0.3, -0.25) is 9.59 Å². The Balaban J connectivity index is 2.71. The molecule has 0 unspecified atom stereocenters. The summed E-state index contributed by atoms with van der Waals surface area (Å²) in [6.07, 6.45) is 3.86. The van der Waals surface area contributed by atoms with Gasteiger partial charge in [-0.15, -0.1) is 0 Å². The lowest BCUT2D eigenvalue weighted by Gasteiger charge is -2.00. The fraction of sp³-hybridized carbons (Fsp3) is 0.231. The van der Waals surface area contributed by atoms with Gasteiger partial charge in [-0.25, -0.2) is 0 Å². The van der Waals surface area contributed by atoms with Crippen LogP contribution in [0.5, 0.6) is 0 Å². The standard InChI is InChI=1S/C13H14O3/c1-10(14)5-6-11-3-2-4-12(9-11)7-8-13(15)16/h2-6,9H,7-8H2,1H3,(H,15,16)/b6-5+. The molecule has 0 atom stereocenters. The minimum absolute atomic E-state index is 0.00376. The summed E-state index contributed by atoms with van der Waals surface area (Å²) >= 11 is 0. The summed E-state index contributed by atoms with van der Waals surface area (Å²) in [5.74, 6) is -0.805. The van der Waals surface area contributed by atoms with Crippen molar-refractivity contribution in [2.45, 2.75) is 19.8 Å². The van der Waals surface area contributed by atoms with E-state index in [1.165, 1.54) is 13.0 Å². The van der Waals surface area contributed by atoms with Crippen LogP contribution in [0.25, 0.3) is 6.08 Å². The summed E-state index contributed by atoms with van der Waals surface area (Å²) in [4.78, 5) is 21.2. The Morgan fingerprint density at radius 1 is 1.38 bits per heavy atom. The number of ketones is 1. The van der Waals surface area contributed by atoms with E-state index in [0.717, 1.165) is 11.1 Å². The molecule has 0 aliphatic carbocycles. The van der Waals surface area contributed by atoms with Gasteiger partial charge in [0.25, 0.3) is 0 Å². The predicted molar refractivity (Wildman–Crippen MR) is 62.1 cm³/mol. The maximum absolute atomic E-state index is 10.8. The number of rotatable bonds is 5.